The SMILES string of the molecule is Nc1cc(NC(=O)CCCN2CCCCC2=O)ccc1Cl. The Morgan fingerprint density at radius 2 is 2.19 bits per heavy atom. The van der Waals surface area contributed by atoms with E-state index in [1.807, 2.05) is 4.90 Å². The largest absolute Gasteiger partial charge is 0.397 e. The monoisotopic (exact) mass is 309 g/mol. The van der Waals surface area contributed by atoms with Crippen LogP contribution < -0.4 is 11.1 Å². The van der Waals surface area contributed by atoms with Gasteiger partial charge in [-0.05, 0) is 37.5 Å². The van der Waals surface area contributed by atoms with Gasteiger partial charge in [-0.25, -0.2) is 0 Å². The first-order chi connectivity index (χ1) is 10.1. The lowest BCUT2D eigenvalue weighted by atomic mass is 10.1. The molecule has 1 aromatic rings. The first-order valence-corrected chi connectivity index (χ1v) is 7.57. The van der Waals surface area contributed by atoms with Gasteiger partial charge in [-0.3, -0.25) is 9.59 Å². The number of nitrogens with one attached hydrogen (secondary N) is 1. The molecule has 6 heteroatoms. The van der Waals surface area contributed by atoms with Crippen LogP contribution in [0.5, 0.6) is 0 Å². The normalized spacial score (nSPS) is 15.1. The summed E-state index contributed by atoms with van der Waals surface area (Å²) < 4.78 is 0. The number of anilines is 2. The first-order valence-electron chi connectivity index (χ1n) is 7.19. The van der Waals surface area contributed by atoms with Gasteiger partial charge in [0.05, 0.1) is 10.7 Å². The van der Waals surface area contributed by atoms with Gasteiger partial charge in [-0.1, -0.05) is 11.6 Å². The van der Waals surface area contributed by atoms with Crippen LogP contribution in [0.1, 0.15) is 32.1 Å². The number of amides is 2. The van der Waals surface area contributed by atoms with E-state index in [4.69, 9.17) is 17.3 Å². The van der Waals surface area contributed by atoms with E-state index in [9.17, 15) is 9.59 Å². The lowest BCUT2D eigenvalue weighted by molar-refractivity contribution is -0.133. The van der Waals surface area contributed by atoms with Crippen LogP contribution in [0.2, 0.25) is 5.02 Å². The summed E-state index contributed by atoms with van der Waals surface area (Å²) in [5.41, 5.74) is 6.76. The number of likely N-dealkylation sites (tertiary alicyclic amines) is 1. The van der Waals surface area contributed by atoms with Crippen LogP contribution in [0.15, 0.2) is 18.2 Å². The summed E-state index contributed by atoms with van der Waals surface area (Å²) in [6.07, 6.45) is 3.72. The van der Waals surface area contributed by atoms with Crippen molar-refractivity contribution in [3.63, 3.8) is 0 Å². The zero-order chi connectivity index (χ0) is 15.2. The molecule has 21 heavy (non-hydrogen) atoms. The van der Waals surface area contributed by atoms with E-state index in [2.05, 4.69) is 5.32 Å². The first kappa shape index (κ1) is 15.6. The van der Waals surface area contributed by atoms with Gasteiger partial charge in [-0.2, -0.15) is 0 Å². The summed E-state index contributed by atoms with van der Waals surface area (Å²) in [5.74, 6) is 0.119. The number of hydrogen-bond donors (Lipinski definition) is 2. The molecule has 0 radical (unpaired) electrons. The van der Waals surface area contributed by atoms with Crippen LogP contribution in [0, 0.1) is 0 Å². The Bertz CT molecular complexity index is 534. The summed E-state index contributed by atoms with van der Waals surface area (Å²) in [6, 6.07) is 5.00. The lowest BCUT2D eigenvalue weighted by Gasteiger charge is -2.26. The van der Waals surface area contributed by atoms with Crippen molar-refractivity contribution >= 4 is 34.8 Å². The van der Waals surface area contributed by atoms with Crippen LogP contribution >= 0.6 is 11.6 Å². The quantitative estimate of drug-likeness (QED) is 0.821. The molecule has 0 unspecified atom stereocenters. The van der Waals surface area contributed by atoms with Crippen molar-refractivity contribution in [1.29, 1.82) is 0 Å². The predicted molar refractivity (Wildman–Crippen MR) is 84.2 cm³/mol. The number of carbonyl (C=O) groups excluding carboxylic acids is 2. The van der Waals surface area contributed by atoms with Crippen molar-refractivity contribution in [3.8, 4) is 0 Å². The Morgan fingerprint density at radius 3 is 2.90 bits per heavy atom. The lowest BCUT2D eigenvalue weighted by Crippen LogP contribution is -2.36. The second kappa shape index (κ2) is 7.31. The minimum atomic E-state index is -0.0822. The highest BCUT2D eigenvalue weighted by molar-refractivity contribution is 6.33. The summed E-state index contributed by atoms with van der Waals surface area (Å²) in [4.78, 5) is 25.3. The molecule has 114 valence electrons. The van der Waals surface area contributed by atoms with Crippen LogP contribution in [0.4, 0.5) is 11.4 Å². The summed E-state index contributed by atoms with van der Waals surface area (Å²) in [5, 5.41) is 3.25. The van der Waals surface area contributed by atoms with Crippen molar-refractivity contribution in [1.82, 2.24) is 4.90 Å². The summed E-state index contributed by atoms with van der Waals surface area (Å²) >= 11 is 5.83. The average molecular weight is 310 g/mol. The van der Waals surface area contributed by atoms with E-state index in [0.717, 1.165) is 19.4 Å². The predicted octanol–water partition coefficient (Wildman–Crippen LogP) is 2.65. The smallest absolute Gasteiger partial charge is 0.224 e. The second-order valence-corrected chi connectivity index (χ2v) is 5.63. The molecule has 0 saturated carbocycles. The van der Waals surface area contributed by atoms with Crippen LogP contribution in [-0.4, -0.2) is 29.8 Å². The highest BCUT2D eigenvalue weighted by atomic mass is 35.5. The molecule has 1 aliphatic heterocycles. The van der Waals surface area contributed by atoms with E-state index in [1.54, 1.807) is 18.2 Å². The van der Waals surface area contributed by atoms with Gasteiger partial charge in [0.15, 0.2) is 0 Å². The molecule has 0 bridgehead atoms. The van der Waals surface area contributed by atoms with Crippen molar-refractivity contribution < 1.29 is 9.59 Å². The number of nitrogens with two attached hydrogens (primary N) is 1. The van der Waals surface area contributed by atoms with Gasteiger partial charge >= 0.3 is 0 Å². The average Bonchev–Trinajstić information content (AvgIpc) is 2.45. The van der Waals surface area contributed by atoms with Gasteiger partial charge in [-0.15, -0.1) is 0 Å². The number of nitrogens with zero attached hydrogens (tertiary/aromatic N) is 1. The van der Waals surface area contributed by atoms with Crippen molar-refractivity contribution in [3.05, 3.63) is 23.2 Å². The molecule has 0 aliphatic carbocycles. The van der Waals surface area contributed by atoms with Gasteiger partial charge in [0.1, 0.15) is 0 Å². The molecular weight excluding hydrogens is 290 g/mol. The van der Waals surface area contributed by atoms with E-state index in [0.29, 0.717) is 42.2 Å². The molecule has 1 fully saturated rings. The number of rotatable bonds is 5. The maximum absolute atomic E-state index is 11.8. The number of halogens is 1. The van der Waals surface area contributed by atoms with Gasteiger partial charge in [0.2, 0.25) is 11.8 Å². The number of piperidine rings is 1. The van der Waals surface area contributed by atoms with Crippen molar-refractivity contribution in [2.45, 2.75) is 32.1 Å². The van der Waals surface area contributed by atoms with Crippen molar-refractivity contribution in [2.75, 3.05) is 24.1 Å². The Morgan fingerprint density at radius 1 is 1.38 bits per heavy atom. The minimum absolute atomic E-state index is 0.0822. The van der Waals surface area contributed by atoms with Crippen molar-refractivity contribution in [2.24, 2.45) is 0 Å². The maximum Gasteiger partial charge on any atom is 0.224 e. The third-order valence-electron chi connectivity index (χ3n) is 3.53. The highest BCUT2D eigenvalue weighted by Gasteiger charge is 2.17. The zero-order valence-electron chi connectivity index (χ0n) is 11.9. The molecule has 0 aromatic heterocycles. The summed E-state index contributed by atoms with van der Waals surface area (Å²) in [7, 11) is 0. The molecule has 2 amide bonds. The molecule has 2 rings (SSSR count). The molecule has 0 spiro atoms. The number of nitrogen functional groups attached to an aromatic ring is 1. The van der Waals surface area contributed by atoms with E-state index >= 15 is 0 Å². The van der Waals surface area contributed by atoms with Gasteiger partial charge in [0, 0.05) is 31.6 Å². The van der Waals surface area contributed by atoms with Crippen LogP contribution in [-0.2, 0) is 9.59 Å². The van der Waals surface area contributed by atoms with Gasteiger partial charge < -0.3 is 16.0 Å². The van der Waals surface area contributed by atoms with E-state index < -0.39 is 0 Å². The molecule has 3 N–H and O–H groups in total. The third kappa shape index (κ3) is 4.63. The molecule has 1 heterocycles. The Hall–Kier alpha value is -1.75. The zero-order valence-corrected chi connectivity index (χ0v) is 12.7. The fraction of sp³-hybridized carbons (Fsp3) is 0.467. The molecule has 5 nitrogen and oxygen atoms in total. The fourth-order valence-electron chi connectivity index (χ4n) is 2.37. The number of hydrogen-bond acceptors (Lipinski definition) is 3. The third-order valence-corrected chi connectivity index (χ3v) is 3.88. The Kier molecular flexibility index (Phi) is 5.44. The van der Waals surface area contributed by atoms with Crippen LogP contribution in [0.25, 0.3) is 0 Å². The molecule has 0 atom stereocenters. The summed E-state index contributed by atoms with van der Waals surface area (Å²) in [6.45, 7) is 1.46. The molecule has 1 aromatic carbocycles. The topological polar surface area (TPSA) is 75.4 Å². The molecule has 1 aliphatic rings. The second-order valence-electron chi connectivity index (χ2n) is 5.23. The van der Waals surface area contributed by atoms with Gasteiger partial charge in [0.25, 0.3) is 0 Å². The number of benzene rings is 1. The highest BCUT2D eigenvalue weighted by Crippen LogP contribution is 2.22. The molecular formula is C15H20ClN3O2. The van der Waals surface area contributed by atoms with Crippen LogP contribution in [0.3, 0.4) is 0 Å². The molecule has 1 saturated heterocycles. The maximum atomic E-state index is 11.8. The Balaban J connectivity index is 1.74. The standard InChI is InChI=1S/C15H20ClN3O2/c16-12-7-6-11(10-13(12)17)18-14(20)4-3-9-19-8-2-1-5-15(19)21/h6-7,10H,1-5,8-9,17H2,(H,18,20). The van der Waals surface area contributed by atoms with E-state index in [1.165, 1.54) is 0 Å². The fourth-order valence-corrected chi connectivity index (χ4v) is 2.49. The van der Waals surface area contributed by atoms with E-state index in [-0.39, 0.29) is 11.8 Å². The minimum Gasteiger partial charge on any atom is -0.397 e. The Labute approximate surface area is 129 Å². The number of carbonyl (C=O) groups is 2.